The highest BCUT2D eigenvalue weighted by atomic mass is 32.2. The van der Waals surface area contributed by atoms with Crippen molar-refractivity contribution >= 4 is 21.6 Å². The Labute approximate surface area is 196 Å². The highest BCUT2D eigenvalue weighted by Gasteiger charge is 2.28. The third-order valence-electron chi connectivity index (χ3n) is 5.57. The van der Waals surface area contributed by atoms with Crippen molar-refractivity contribution < 1.29 is 17.9 Å². The summed E-state index contributed by atoms with van der Waals surface area (Å²) >= 11 is 0. The average Bonchev–Trinajstić information content (AvgIpc) is 2.82. The van der Waals surface area contributed by atoms with Gasteiger partial charge >= 0.3 is 0 Å². The number of rotatable bonds is 9. The number of sulfonamides is 1. The molecule has 3 aromatic rings. The minimum Gasteiger partial charge on any atom is -0.496 e. The fourth-order valence-electron chi connectivity index (χ4n) is 3.77. The first kappa shape index (κ1) is 24.3. The second-order valence-corrected chi connectivity index (χ2v) is 9.73. The third kappa shape index (κ3) is 5.54. The molecule has 1 amide bonds. The highest BCUT2D eigenvalue weighted by Crippen LogP contribution is 2.27. The lowest BCUT2D eigenvalue weighted by molar-refractivity contribution is -0.120. The largest absolute Gasteiger partial charge is 0.496 e. The number of methoxy groups -OCH3 is 1. The maximum Gasteiger partial charge on any atom is 0.264 e. The molecule has 0 aliphatic heterocycles. The molecule has 174 valence electrons. The van der Waals surface area contributed by atoms with Gasteiger partial charge in [0.1, 0.15) is 12.3 Å². The Morgan fingerprint density at radius 3 is 2.24 bits per heavy atom. The quantitative estimate of drug-likeness (QED) is 0.493. The fraction of sp³-hybridized carbons (Fsp3) is 0.269. The van der Waals surface area contributed by atoms with Crippen molar-refractivity contribution in [3.05, 3.63) is 89.5 Å². The lowest BCUT2D eigenvalue weighted by atomic mass is 10.0. The summed E-state index contributed by atoms with van der Waals surface area (Å²) in [7, 11) is -2.32. The van der Waals surface area contributed by atoms with Crippen molar-refractivity contribution in [2.45, 2.75) is 38.1 Å². The van der Waals surface area contributed by atoms with Crippen LogP contribution in [0.3, 0.4) is 0 Å². The molecule has 0 radical (unpaired) electrons. The number of hydrogen-bond donors (Lipinski definition) is 1. The predicted octanol–water partition coefficient (Wildman–Crippen LogP) is 4.77. The number of carbonyl (C=O) groups excluding carboxylic acids is 1. The second kappa shape index (κ2) is 10.5. The van der Waals surface area contributed by atoms with E-state index in [2.05, 4.69) is 5.32 Å². The summed E-state index contributed by atoms with van der Waals surface area (Å²) in [5.41, 5.74) is 3.15. The van der Waals surface area contributed by atoms with Gasteiger partial charge < -0.3 is 10.1 Å². The van der Waals surface area contributed by atoms with E-state index in [1.165, 1.54) is 16.4 Å². The standard InChI is InChI=1S/C26H30N2O4S/c1-5-23(21-15-16-25(32-4)20(3)17-21)27-26(29)18-28(24-14-10-9-11-19(24)2)33(30,31)22-12-7-6-8-13-22/h6-17,23H,5,18H2,1-4H3,(H,27,29)/t23-/m1/s1. The number of hydrogen-bond acceptors (Lipinski definition) is 4. The van der Waals surface area contributed by atoms with Gasteiger partial charge in [-0.25, -0.2) is 8.42 Å². The van der Waals surface area contributed by atoms with Crippen LogP contribution in [0.25, 0.3) is 0 Å². The first-order valence-electron chi connectivity index (χ1n) is 10.8. The van der Waals surface area contributed by atoms with Crippen LogP contribution in [-0.4, -0.2) is 28.0 Å². The highest BCUT2D eigenvalue weighted by molar-refractivity contribution is 7.92. The van der Waals surface area contributed by atoms with Crippen LogP contribution in [0.1, 0.15) is 36.1 Å². The molecule has 0 unspecified atom stereocenters. The summed E-state index contributed by atoms with van der Waals surface area (Å²) in [6.45, 7) is 5.43. The van der Waals surface area contributed by atoms with Gasteiger partial charge in [-0.3, -0.25) is 9.10 Å². The SMILES string of the molecule is CC[C@@H](NC(=O)CN(c1ccccc1C)S(=O)(=O)c1ccccc1)c1ccc(OC)c(C)c1. The van der Waals surface area contributed by atoms with Crippen LogP contribution < -0.4 is 14.4 Å². The van der Waals surface area contributed by atoms with E-state index in [0.29, 0.717) is 12.1 Å². The van der Waals surface area contributed by atoms with E-state index >= 15 is 0 Å². The fourth-order valence-corrected chi connectivity index (χ4v) is 5.28. The van der Waals surface area contributed by atoms with Crippen molar-refractivity contribution in [1.29, 1.82) is 0 Å². The van der Waals surface area contributed by atoms with E-state index in [9.17, 15) is 13.2 Å². The molecule has 0 fully saturated rings. The summed E-state index contributed by atoms with van der Waals surface area (Å²) in [4.78, 5) is 13.3. The van der Waals surface area contributed by atoms with Crippen molar-refractivity contribution in [2.24, 2.45) is 0 Å². The minimum atomic E-state index is -3.94. The summed E-state index contributed by atoms with van der Waals surface area (Å²) in [5, 5.41) is 3.01. The van der Waals surface area contributed by atoms with Crippen LogP contribution in [0, 0.1) is 13.8 Å². The Morgan fingerprint density at radius 2 is 1.64 bits per heavy atom. The molecule has 3 rings (SSSR count). The van der Waals surface area contributed by atoms with Crippen molar-refractivity contribution in [1.82, 2.24) is 5.32 Å². The molecule has 6 nitrogen and oxygen atoms in total. The molecular formula is C26H30N2O4S. The number of aryl methyl sites for hydroxylation is 2. The van der Waals surface area contributed by atoms with Crippen LogP contribution in [0.2, 0.25) is 0 Å². The number of benzene rings is 3. The molecule has 1 N–H and O–H groups in total. The Balaban J connectivity index is 1.90. The Morgan fingerprint density at radius 1 is 0.970 bits per heavy atom. The topological polar surface area (TPSA) is 75.7 Å². The Kier molecular flexibility index (Phi) is 7.76. The molecule has 0 aliphatic rings. The monoisotopic (exact) mass is 466 g/mol. The predicted molar refractivity (Wildman–Crippen MR) is 131 cm³/mol. The van der Waals surface area contributed by atoms with E-state index in [1.807, 2.05) is 51.1 Å². The number of nitrogens with zero attached hydrogens (tertiary/aromatic N) is 1. The van der Waals surface area contributed by atoms with E-state index in [-0.39, 0.29) is 23.4 Å². The summed E-state index contributed by atoms with van der Waals surface area (Å²) in [6.07, 6.45) is 0.660. The Hall–Kier alpha value is -3.32. The molecule has 0 saturated carbocycles. The van der Waals surface area contributed by atoms with Gasteiger partial charge in [-0.2, -0.15) is 0 Å². The van der Waals surface area contributed by atoms with Crippen molar-refractivity contribution in [3.63, 3.8) is 0 Å². The van der Waals surface area contributed by atoms with Gasteiger partial charge in [0.05, 0.1) is 23.7 Å². The van der Waals surface area contributed by atoms with Crippen molar-refractivity contribution in [3.8, 4) is 5.75 Å². The molecule has 0 aliphatic carbocycles. The molecule has 3 aromatic carbocycles. The number of amides is 1. The van der Waals surface area contributed by atoms with Gasteiger partial charge in [0.15, 0.2) is 0 Å². The molecule has 0 heterocycles. The molecule has 0 saturated heterocycles. The van der Waals surface area contributed by atoms with Gasteiger partial charge in [-0.05, 0) is 61.2 Å². The first-order valence-corrected chi connectivity index (χ1v) is 12.3. The number of anilines is 1. The smallest absolute Gasteiger partial charge is 0.264 e. The van der Waals surface area contributed by atoms with Crippen LogP contribution in [0.15, 0.2) is 77.7 Å². The normalized spacial score (nSPS) is 12.1. The van der Waals surface area contributed by atoms with E-state index < -0.39 is 10.0 Å². The number of nitrogens with one attached hydrogen (secondary N) is 1. The maximum absolute atomic E-state index is 13.5. The van der Waals surface area contributed by atoms with Crippen LogP contribution >= 0.6 is 0 Å². The zero-order chi connectivity index (χ0) is 24.0. The molecule has 1 atom stereocenters. The second-order valence-electron chi connectivity index (χ2n) is 7.87. The number of carbonyl (C=O) groups is 1. The van der Waals surface area contributed by atoms with Gasteiger partial charge in [0.2, 0.25) is 5.91 Å². The minimum absolute atomic E-state index is 0.138. The average molecular weight is 467 g/mol. The van der Waals surface area contributed by atoms with E-state index in [0.717, 1.165) is 22.4 Å². The van der Waals surface area contributed by atoms with Crippen molar-refractivity contribution in [2.75, 3.05) is 18.0 Å². The van der Waals surface area contributed by atoms with Crippen LogP contribution in [0.4, 0.5) is 5.69 Å². The van der Waals surface area contributed by atoms with Gasteiger partial charge in [-0.1, -0.05) is 55.5 Å². The molecular weight excluding hydrogens is 436 g/mol. The molecule has 0 bridgehead atoms. The number of para-hydroxylation sites is 1. The zero-order valence-corrected chi connectivity index (χ0v) is 20.2. The van der Waals surface area contributed by atoms with E-state index in [1.54, 1.807) is 37.4 Å². The zero-order valence-electron chi connectivity index (χ0n) is 19.4. The lowest BCUT2D eigenvalue weighted by Crippen LogP contribution is -2.42. The first-order chi connectivity index (χ1) is 15.8. The van der Waals surface area contributed by atoms with Crippen LogP contribution in [0.5, 0.6) is 5.75 Å². The lowest BCUT2D eigenvalue weighted by Gasteiger charge is -2.27. The van der Waals surface area contributed by atoms with Gasteiger partial charge in [-0.15, -0.1) is 0 Å². The maximum atomic E-state index is 13.5. The summed E-state index contributed by atoms with van der Waals surface area (Å²) in [5.74, 6) is 0.401. The van der Waals surface area contributed by atoms with Gasteiger partial charge in [0.25, 0.3) is 10.0 Å². The van der Waals surface area contributed by atoms with Crippen LogP contribution in [-0.2, 0) is 14.8 Å². The summed E-state index contributed by atoms with van der Waals surface area (Å²) in [6, 6.07) is 20.8. The third-order valence-corrected chi connectivity index (χ3v) is 7.34. The molecule has 33 heavy (non-hydrogen) atoms. The molecule has 0 spiro atoms. The Bertz CT molecular complexity index is 1210. The molecule has 7 heteroatoms. The molecule has 0 aromatic heterocycles. The summed E-state index contributed by atoms with van der Waals surface area (Å²) < 4.78 is 33.5. The van der Waals surface area contributed by atoms with E-state index in [4.69, 9.17) is 4.74 Å². The number of ether oxygens (including phenoxy) is 1. The van der Waals surface area contributed by atoms with Gasteiger partial charge in [0, 0.05) is 0 Å².